The van der Waals surface area contributed by atoms with E-state index in [4.69, 9.17) is 10.5 Å². The summed E-state index contributed by atoms with van der Waals surface area (Å²) in [5.41, 5.74) is 9.47. The monoisotopic (exact) mass is 288 g/mol. The largest absolute Gasteiger partial charge is 0.384 e. The third-order valence-electron chi connectivity index (χ3n) is 5.57. The molecule has 0 saturated carbocycles. The summed E-state index contributed by atoms with van der Waals surface area (Å²) in [5, 5.41) is 0. The van der Waals surface area contributed by atoms with Gasteiger partial charge in [-0.05, 0) is 62.2 Å². The van der Waals surface area contributed by atoms with Crippen molar-refractivity contribution < 1.29 is 4.74 Å². The molecule has 3 rings (SSSR count). The summed E-state index contributed by atoms with van der Waals surface area (Å²) in [4.78, 5) is 2.68. The first-order valence-corrected chi connectivity index (χ1v) is 8.28. The fourth-order valence-electron chi connectivity index (χ4n) is 4.17. The predicted octanol–water partition coefficient (Wildman–Crippen LogP) is 2.23. The summed E-state index contributed by atoms with van der Waals surface area (Å²) in [7, 11) is 1.81. The lowest BCUT2D eigenvalue weighted by Gasteiger charge is -2.49. The lowest BCUT2D eigenvalue weighted by molar-refractivity contribution is 0.0257. The quantitative estimate of drug-likeness (QED) is 0.923. The van der Waals surface area contributed by atoms with Crippen molar-refractivity contribution in [1.29, 1.82) is 0 Å². The highest BCUT2D eigenvalue weighted by Crippen LogP contribution is 2.35. The van der Waals surface area contributed by atoms with Crippen LogP contribution in [-0.4, -0.2) is 43.8 Å². The minimum atomic E-state index is 0.187. The molecule has 1 heterocycles. The molecule has 1 saturated heterocycles. The van der Waals surface area contributed by atoms with Gasteiger partial charge in [-0.2, -0.15) is 0 Å². The molecule has 3 nitrogen and oxygen atoms in total. The van der Waals surface area contributed by atoms with Gasteiger partial charge in [-0.3, -0.25) is 4.90 Å². The second-order valence-corrected chi connectivity index (χ2v) is 6.76. The summed E-state index contributed by atoms with van der Waals surface area (Å²) in [6, 6.07) is 8.89. The van der Waals surface area contributed by atoms with Gasteiger partial charge in [0.15, 0.2) is 0 Å². The number of rotatable bonds is 4. The van der Waals surface area contributed by atoms with Crippen LogP contribution >= 0.6 is 0 Å². The smallest absolute Gasteiger partial charge is 0.0491 e. The van der Waals surface area contributed by atoms with E-state index in [0.29, 0.717) is 0 Å². The Hall–Kier alpha value is -0.900. The molecule has 3 heteroatoms. The Morgan fingerprint density at radius 3 is 2.62 bits per heavy atom. The summed E-state index contributed by atoms with van der Waals surface area (Å²) in [6.45, 7) is 4.03. The van der Waals surface area contributed by atoms with E-state index < -0.39 is 0 Å². The van der Waals surface area contributed by atoms with Gasteiger partial charge in [0, 0.05) is 25.8 Å². The molecular weight excluding hydrogens is 260 g/mol. The molecule has 0 bridgehead atoms. The van der Waals surface area contributed by atoms with Gasteiger partial charge in [-0.25, -0.2) is 0 Å². The average molecular weight is 288 g/mol. The summed E-state index contributed by atoms with van der Waals surface area (Å²) < 4.78 is 5.32. The van der Waals surface area contributed by atoms with Crippen molar-refractivity contribution in [2.24, 2.45) is 11.7 Å². The lowest BCUT2D eigenvalue weighted by Crippen LogP contribution is -2.59. The number of likely N-dealkylation sites (tertiary alicyclic amines) is 1. The number of hydrogen-bond acceptors (Lipinski definition) is 3. The second kappa shape index (κ2) is 6.47. The normalized spacial score (nSPS) is 27.5. The van der Waals surface area contributed by atoms with E-state index in [-0.39, 0.29) is 5.54 Å². The molecule has 1 aliphatic carbocycles. The van der Waals surface area contributed by atoms with E-state index in [0.717, 1.165) is 25.5 Å². The van der Waals surface area contributed by atoms with Crippen molar-refractivity contribution in [3.63, 3.8) is 0 Å². The van der Waals surface area contributed by atoms with Gasteiger partial charge in [0.2, 0.25) is 0 Å². The third kappa shape index (κ3) is 3.01. The Balaban J connectivity index is 1.71. The van der Waals surface area contributed by atoms with Crippen LogP contribution < -0.4 is 5.73 Å². The molecule has 0 aromatic heterocycles. The number of ether oxygens (including phenoxy) is 1. The van der Waals surface area contributed by atoms with E-state index in [1.165, 1.54) is 49.9 Å². The van der Waals surface area contributed by atoms with Gasteiger partial charge in [0.25, 0.3) is 0 Å². The minimum Gasteiger partial charge on any atom is -0.384 e. The highest BCUT2D eigenvalue weighted by molar-refractivity contribution is 5.32. The number of piperidine rings is 1. The van der Waals surface area contributed by atoms with Crippen molar-refractivity contribution in [3.8, 4) is 0 Å². The SMILES string of the molecule is COCC1CCN(C2(CN)CCc3ccccc3C2)CC1. The number of nitrogens with zero attached hydrogens (tertiary/aromatic N) is 1. The number of hydrogen-bond donors (Lipinski definition) is 1. The maximum Gasteiger partial charge on any atom is 0.0491 e. The third-order valence-corrected chi connectivity index (χ3v) is 5.57. The highest BCUT2D eigenvalue weighted by atomic mass is 16.5. The Labute approximate surface area is 128 Å². The van der Waals surface area contributed by atoms with Gasteiger partial charge < -0.3 is 10.5 Å². The maximum atomic E-state index is 6.25. The molecule has 0 amide bonds. The van der Waals surface area contributed by atoms with Gasteiger partial charge in [-0.15, -0.1) is 0 Å². The molecule has 2 aliphatic rings. The number of aryl methyl sites for hydroxylation is 1. The van der Waals surface area contributed by atoms with Gasteiger partial charge in [0.1, 0.15) is 0 Å². The Morgan fingerprint density at radius 2 is 1.95 bits per heavy atom. The molecule has 2 N–H and O–H groups in total. The van der Waals surface area contributed by atoms with E-state index in [1.54, 1.807) is 0 Å². The number of nitrogens with two attached hydrogens (primary N) is 1. The van der Waals surface area contributed by atoms with Gasteiger partial charge in [-0.1, -0.05) is 24.3 Å². The number of methoxy groups -OCH3 is 1. The van der Waals surface area contributed by atoms with Crippen molar-refractivity contribution in [2.75, 3.05) is 33.4 Å². The topological polar surface area (TPSA) is 38.5 Å². The average Bonchev–Trinajstić information content (AvgIpc) is 2.55. The fourth-order valence-corrected chi connectivity index (χ4v) is 4.17. The first kappa shape index (κ1) is 15.0. The summed E-state index contributed by atoms with van der Waals surface area (Å²) >= 11 is 0. The van der Waals surface area contributed by atoms with Crippen molar-refractivity contribution in [1.82, 2.24) is 4.90 Å². The minimum absolute atomic E-state index is 0.187. The molecule has 116 valence electrons. The van der Waals surface area contributed by atoms with E-state index in [9.17, 15) is 0 Å². The first-order chi connectivity index (χ1) is 10.3. The highest BCUT2D eigenvalue weighted by Gasteiger charge is 2.39. The zero-order valence-corrected chi connectivity index (χ0v) is 13.2. The Morgan fingerprint density at radius 1 is 1.24 bits per heavy atom. The number of benzene rings is 1. The molecule has 0 radical (unpaired) electrons. The Bertz CT molecular complexity index is 468. The van der Waals surface area contributed by atoms with Crippen LogP contribution in [0.15, 0.2) is 24.3 Å². The van der Waals surface area contributed by atoms with E-state index in [2.05, 4.69) is 29.2 Å². The molecule has 1 aromatic carbocycles. The second-order valence-electron chi connectivity index (χ2n) is 6.76. The van der Waals surface area contributed by atoms with Crippen molar-refractivity contribution in [2.45, 2.75) is 37.6 Å². The standard InChI is InChI=1S/C18H28N2O/c1-21-13-15-7-10-20(11-8-15)18(14-19)9-6-16-4-2-3-5-17(16)12-18/h2-5,15H,6-14,19H2,1H3. The first-order valence-electron chi connectivity index (χ1n) is 8.28. The molecule has 1 fully saturated rings. The number of fused-ring (bicyclic) bond motifs is 1. The molecule has 1 aromatic rings. The van der Waals surface area contributed by atoms with E-state index in [1.807, 2.05) is 7.11 Å². The van der Waals surface area contributed by atoms with Crippen LogP contribution in [0.2, 0.25) is 0 Å². The molecule has 1 aliphatic heterocycles. The molecule has 0 spiro atoms. The van der Waals surface area contributed by atoms with Crippen LogP contribution in [0, 0.1) is 5.92 Å². The fraction of sp³-hybridized carbons (Fsp3) is 0.667. The van der Waals surface area contributed by atoms with Gasteiger partial charge in [0.05, 0.1) is 0 Å². The zero-order valence-electron chi connectivity index (χ0n) is 13.2. The Kier molecular flexibility index (Phi) is 4.63. The van der Waals surface area contributed by atoms with Crippen LogP contribution in [0.5, 0.6) is 0 Å². The van der Waals surface area contributed by atoms with Gasteiger partial charge >= 0.3 is 0 Å². The lowest BCUT2D eigenvalue weighted by atomic mass is 9.75. The van der Waals surface area contributed by atoms with Crippen molar-refractivity contribution in [3.05, 3.63) is 35.4 Å². The van der Waals surface area contributed by atoms with Crippen LogP contribution in [0.1, 0.15) is 30.4 Å². The predicted molar refractivity (Wildman–Crippen MR) is 86.4 cm³/mol. The zero-order chi connectivity index (χ0) is 14.7. The molecular formula is C18H28N2O. The summed E-state index contributed by atoms with van der Waals surface area (Å²) in [5.74, 6) is 0.733. The van der Waals surface area contributed by atoms with Crippen LogP contribution in [-0.2, 0) is 17.6 Å². The molecule has 1 atom stereocenters. The van der Waals surface area contributed by atoms with Crippen LogP contribution in [0.3, 0.4) is 0 Å². The van der Waals surface area contributed by atoms with Crippen LogP contribution in [0.25, 0.3) is 0 Å². The molecule has 21 heavy (non-hydrogen) atoms. The van der Waals surface area contributed by atoms with Crippen molar-refractivity contribution >= 4 is 0 Å². The van der Waals surface area contributed by atoms with Crippen LogP contribution in [0.4, 0.5) is 0 Å². The summed E-state index contributed by atoms with van der Waals surface area (Å²) in [6.07, 6.45) is 5.99. The molecule has 1 unspecified atom stereocenters. The van der Waals surface area contributed by atoms with E-state index >= 15 is 0 Å². The maximum absolute atomic E-state index is 6.25.